The number of ether oxygens (including phenoxy) is 1. The fourth-order valence-corrected chi connectivity index (χ4v) is 3.26. The van der Waals surface area contributed by atoms with Crippen LogP contribution < -0.4 is 5.32 Å². The zero-order valence-corrected chi connectivity index (χ0v) is 13.9. The van der Waals surface area contributed by atoms with Crippen LogP contribution in [0.1, 0.15) is 44.1 Å². The molecule has 2 aliphatic rings. The van der Waals surface area contributed by atoms with Gasteiger partial charge in [0.25, 0.3) is 0 Å². The number of nitrogens with one attached hydrogen (secondary N) is 1. The number of likely N-dealkylation sites (tertiary alicyclic amines) is 1. The molecule has 4 heteroatoms. The zero-order chi connectivity index (χ0) is 15.9. The number of piperidine rings is 1. The van der Waals surface area contributed by atoms with Crippen molar-refractivity contribution < 1.29 is 9.53 Å². The Bertz CT molecular complexity index is 487. The highest BCUT2D eigenvalue weighted by molar-refractivity contribution is 5.67. The second-order valence-corrected chi connectivity index (χ2v) is 6.87. The van der Waals surface area contributed by atoms with Gasteiger partial charge in [0.1, 0.15) is 6.61 Å². The predicted octanol–water partition coefficient (Wildman–Crippen LogP) is 3.57. The van der Waals surface area contributed by atoms with Crippen LogP contribution in [0, 0.1) is 5.92 Å². The van der Waals surface area contributed by atoms with E-state index < -0.39 is 0 Å². The predicted molar refractivity (Wildman–Crippen MR) is 91.2 cm³/mol. The Morgan fingerprint density at radius 3 is 2.83 bits per heavy atom. The van der Waals surface area contributed by atoms with Gasteiger partial charge in [0, 0.05) is 19.1 Å². The number of hydrogen-bond donors (Lipinski definition) is 1. The van der Waals surface area contributed by atoms with Gasteiger partial charge in [-0.3, -0.25) is 0 Å². The van der Waals surface area contributed by atoms with Gasteiger partial charge >= 0.3 is 6.09 Å². The van der Waals surface area contributed by atoms with Crippen LogP contribution in [0.2, 0.25) is 0 Å². The molecule has 0 radical (unpaired) electrons. The molecule has 0 aromatic heterocycles. The molecule has 1 amide bonds. The second-order valence-electron chi connectivity index (χ2n) is 6.87. The topological polar surface area (TPSA) is 41.6 Å². The quantitative estimate of drug-likeness (QED) is 0.782. The molecule has 1 aliphatic heterocycles. The van der Waals surface area contributed by atoms with Crippen molar-refractivity contribution in [2.45, 2.75) is 51.2 Å². The number of benzene rings is 1. The van der Waals surface area contributed by atoms with Gasteiger partial charge in [-0.05, 0) is 56.6 Å². The van der Waals surface area contributed by atoms with Crippen LogP contribution in [0.25, 0.3) is 0 Å². The first-order chi connectivity index (χ1) is 11.3. The van der Waals surface area contributed by atoms with E-state index >= 15 is 0 Å². The summed E-state index contributed by atoms with van der Waals surface area (Å²) in [6, 6.07) is 10.7. The van der Waals surface area contributed by atoms with Crippen LogP contribution >= 0.6 is 0 Å². The van der Waals surface area contributed by atoms with Crippen LogP contribution in [-0.2, 0) is 11.3 Å². The van der Waals surface area contributed by atoms with Gasteiger partial charge in [-0.25, -0.2) is 4.79 Å². The number of carbonyl (C=O) groups is 1. The molecular formula is C19H28N2O2. The van der Waals surface area contributed by atoms with Crippen molar-refractivity contribution in [2.24, 2.45) is 5.92 Å². The molecule has 1 aromatic carbocycles. The van der Waals surface area contributed by atoms with E-state index in [0.717, 1.165) is 37.7 Å². The average Bonchev–Trinajstić information content (AvgIpc) is 3.42. The third-order valence-electron chi connectivity index (χ3n) is 4.78. The molecule has 1 heterocycles. The molecule has 1 aliphatic carbocycles. The van der Waals surface area contributed by atoms with Crippen molar-refractivity contribution in [2.75, 3.05) is 19.6 Å². The number of nitrogens with zero attached hydrogens (tertiary/aromatic N) is 1. The summed E-state index contributed by atoms with van der Waals surface area (Å²) in [4.78, 5) is 14.1. The lowest BCUT2D eigenvalue weighted by molar-refractivity contribution is 0.0777. The second kappa shape index (κ2) is 8.34. The summed E-state index contributed by atoms with van der Waals surface area (Å²) >= 11 is 0. The van der Waals surface area contributed by atoms with Crippen LogP contribution in [0.4, 0.5) is 4.79 Å². The Morgan fingerprint density at radius 1 is 1.22 bits per heavy atom. The molecule has 3 rings (SSSR count). The zero-order valence-electron chi connectivity index (χ0n) is 13.9. The van der Waals surface area contributed by atoms with E-state index in [1.165, 1.54) is 32.1 Å². The summed E-state index contributed by atoms with van der Waals surface area (Å²) in [5, 5.41) is 3.56. The first-order valence-electron chi connectivity index (χ1n) is 9.00. The SMILES string of the molecule is O=C(OCc1ccccc1)N1CCC[C@@H](CCCNC2CC2)C1. The van der Waals surface area contributed by atoms with E-state index in [9.17, 15) is 4.79 Å². The Labute approximate surface area is 139 Å². The van der Waals surface area contributed by atoms with Gasteiger partial charge in [-0.2, -0.15) is 0 Å². The molecule has 1 saturated heterocycles. The fraction of sp³-hybridized carbons (Fsp3) is 0.632. The molecule has 1 saturated carbocycles. The number of rotatable bonds is 7. The van der Waals surface area contributed by atoms with Gasteiger partial charge in [0.05, 0.1) is 0 Å². The summed E-state index contributed by atoms with van der Waals surface area (Å²) in [6.07, 6.45) is 7.31. The molecule has 1 N–H and O–H groups in total. The lowest BCUT2D eigenvalue weighted by Gasteiger charge is -2.32. The Kier molecular flexibility index (Phi) is 5.92. The molecule has 0 spiro atoms. The molecule has 1 atom stereocenters. The van der Waals surface area contributed by atoms with E-state index in [-0.39, 0.29) is 6.09 Å². The van der Waals surface area contributed by atoms with Gasteiger partial charge < -0.3 is 15.0 Å². The van der Waals surface area contributed by atoms with Crippen LogP contribution in [0.15, 0.2) is 30.3 Å². The number of hydrogen-bond acceptors (Lipinski definition) is 3. The maximum atomic E-state index is 12.2. The molecule has 23 heavy (non-hydrogen) atoms. The molecule has 126 valence electrons. The van der Waals surface area contributed by atoms with E-state index in [1.807, 2.05) is 35.2 Å². The van der Waals surface area contributed by atoms with Crippen molar-refractivity contribution in [3.63, 3.8) is 0 Å². The maximum absolute atomic E-state index is 12.2. The maximum Gasteiger partial charge on any atom is 0.410 e. The lowest BCUT2D eigenvalue weighted by Crippen LogP contribution is -2.40. The normalized spacial score (nSPS) is 21.2. The van der Waals surface area contributed by atoms with Gasteiger partial charge in [0.15, 0.2) is 0 Å². The van der Waals surface area contributed by atoms with Crippen LogP contribution in [0.3, 0.4) is 0 Å². The molecule has 4 nitrogen and oxygen atoms in total. The van der Waals surface area contributed by atoms with E-state index in [0.29, 0.717) is 12.5 Å². The Balaban J connectivity index is 1.35. The highest BCUT2D eigenvalue weighted by Crippen LogP contribution is 2.22. The third-order valence-corrected chi connectivity index (χ3v) is 4.78. The summed E-state index contributed by atoms with van der Waals surface area (Å²) in [5.74, 6) is 0.633. The number of carbonyl (C=O) groups excluding carboxylic acids is 1. The molecule has 0 unspecified atom stereocenters. The minimum Gasteiger partial charge on any atom is -0.445 e. The Morgan fingerprint density at radius 2 is 2.04 bits per heavy atom. The van der Waals surface area contributed by atoms with Crippen molar-refractivity contribution in [1.29, 1.82) is 0 Å². The Hall–Kier alpha value is -1.55. The summed E-state index contributed by atoms with van der Waals surface area (Å²) < 4.78 is 5.46. The van der Waals surface area contributed by atoms with Crippen LogP contribution in [0.5, 0.6) is 0 Å². The minimum atomic E-state index is -0.158. The van der Waals surface area contributed by atoms with Crippen molar-refractivity contribution in [3.8, 4) is 0 Å². The van der Waals surface area contributed by atoms with Crippen molar-refractivity contribution >= 4 is 6.09 Å². The van der Waals surface area contributed by atoms with E-state index in [4.69, 9.17) is 4.74 Å². The highest BCUT2D eigenvalue weighted by Gasteiger charge is 2.25. The van der Waals surface area contributed by atoms with Gasteiger partial charge in [0.2, 0.25) is 0 Å². The molecule has 1 aromatic rings. The van der Waals surface area contributed by atoms with E-state index in [1.54, 1.807) is 0 Å². The third kappa shape index (κ3) is 5.54. The number of amides is 1. The summed E-state index contributed by atoms with van der Waals surface area (Å²) in [6.45, 7) is 3.19. The fourth-order valence-electron chi connectivity index (χ4n) is 3.26. The highest BCUT2D eigenvalue weighted by atomic mass is 16.6. The minimum absolute atomic E-state index is 0.158. The summed E-state index contributed by atoms with van der Waals surface area (Å²) in [7, 11) is 0. The molecule has 2 fully saturated rings. The van der Waals surface area contributed by atoms with E-state index in [2.05, 4.69) is 5.32 Å². The summed E-state index contributed by atoms with van der Waals surface area (Å²) in [5.41, 5.74) is 1.04. The lowest BCUT2D eigenvalue weighted by atomic mass is 9.93. The monoisotopic (exact) mass is 316 g/mol. The standard InChI is InChI=1S/C19H28N2O2/c22-19(23-15-17-6-2-1-3-7-17)21-13-5-9-16(14-21)8-4-12-20-18-10-11-18/h1-3,6-7,16,18,20H,4-5,8-15H2/t16-/m1/s1. The van der Waals surface area contributed by atoms with Gasteiger partial charge in [-0.1, -0.05) is 30.3 Å². The largest absolute Gasteiger partial charge is 0.445 e. The smallest absolute Gasteiger partial charge is 0.410 e. The first kappa shape index (κ1) is 16.3. The van der Waals surface area contributed by atoms with Gasteiger partial charge in [-0.15, -0.1) is 0 Å². The van der Waals surface area contributed by atoms with Crippen molar-refractivity contribution in [3.05, 3.63) is 35.9 Å². The first-order valence-corrected chi connectivity index (χ1v) is 9.00. The van der Waals surface area contributed by atoms with Crippen LogP contribution in [-0.4, -0.2) is 36.7 Å². The molecule has 0 bridgehead atoms. The van der Waals surface area contributed by atoms with Crippen molar-refractivity contribution in [1.82, 2.24) is 10.2 Å². The average molecular weight is 316 g/mol. The molecular weight excluding hydrogens is 288 g/mol.